The number of Topliss-reactive ketones (excluding diaryl/α,β-unsaturated/α-hetero) is 1. The highest BCUT2D eigenvalue weighted by Crippen LogP contribution is 2.42. The fourth-order valence-corrected chi connectivity index (χ4v) is 3.08. The maximum absolute atomic E-state index is 10.7. The smallest absolute Gasteiger partial charge is 0.135 e. The molecule has 2 aliphatic carbocycles. The predicted molar refractivity (Wildman–Crippen MR) is 110 cm³/mol. The van der Waals surface area contributed by atoms with Crippen molar-refractivity contribution in [2.24, 2.45) is 23.2 Å². The highest BCUT2D eigenvalue weighted by molar-refractivity contribution is 5.81. The van der Waals surface area contributed by atoms with Crippen LogP contribution >= 0.6 is 0 Å². The predicted octanol–water partition coefficient (Wildman–Crippen LogP) is 7.62. The quantitative estimate of drug-likeness (QED) is 0.518. The van der Waals surface area contributed by atoms with E-state index in [2.05, 4.69) is 32.1 Å². The summed E-state index contributed by atoms with van der Waals surface area (Å²) in [6, 6.07) is 0. The minimum atomic E-state index is -0.0972. The second-order valence-electron chi connectivity index (χ2n) is 6.97. The molecule has 0 saturated heterocycles. The van der Waals surface area contributed by atoms with Crippen molar-refractivity contribution in [3.63, 3.8) is 0 Å². The summed E-state index contributed by atoms with van der Waals surface area (Å²) in [7, 11) is 0. The summed E-state index contributed by atoms with van der Waals surface area (Å²) in [6.45, 7) is 20.3. The first-order valence-electron chi connectivity index (χ1n) is 10.2. The molecule has 0 spiro atoms. The zero-order valence-corrected chi connectivity index (χ0v) is 18.2. The van der Waals surface area contributed by atoms with Gasteiger partial charge in [0, 0.05) is 5.41 Å². The standard InChI is InChI=1S/C12H18.C7H14O.2C2H6/c1-3-11-9(2)7-8-10-5-4-6-12(10)11;1-5-7(3,4)6(2)8;2*1-2/h5,7-9,11-12H,3-4,6H2,1-2H3;5H2,1-4H3;2*1-2H3. The van der Waals surface area contributed by atoms with Gasteiger partial charge in [-0.25, -0.2) is 0 Å². The Morgan fingerprint density at radius 3 is 2.08 bits per heavy atom. The number of ketones is 1. The maximum atomic E-state index is 10.7. The van der Waals surface area contributed by atoms with Gasteiger partial charge in [0.05, 0.1) is 0 Å². The van der Waals surface area contributed by atoms with Gasteiger partial charge >= 0.3 is 0 Å². The number of fused-ring (bicyclic) bond motifs is 1. The third-order valence-corrected chi connectivity index (χ3v) is 5.38. The second kappa shape index (κ2) is 13.4. The summed E-state index contributed by atoms with van der Waals surface area (Å²) in [6.07, 6.45) is 12.2. The first-order valence-corrected chi connectivity index (χ1v) is 10.2. The van der Waals surface area contributed by atoms with Gasteiger partial charge in [0.15, 0.2) is 0 Å². The van der Waals surface area contributed by atoms with Crippen molar-refractivity contribution < 1.29 is 4.79 Å². The van der Waals surface area contributed by atoms with Crippen LogP contribution in [0.2, 0.25) is 0 Å². The summed E-state index contributed by atoms with van der Waals surface area (Å²) in [5.74, 6) is 2.90. The molecule has 2 aliphatic rings. The molecule has 0 aromatic carbocycles. The van der Waals surface area contributed by atoms with E-state index < -0.39 is 0 Å². The van der Waals surface area contributed by atoms with E-state index in [0.717, 1.165) is 24.2 Å². The van der Waals surface area contributed by atoms with Crippen molar-refractivity contribution >= 4 is 5.78 Å². The molecule has 24 heavy (non-hydrogen) atoms. The Labute approximate surface area is 153 Å². The normalized spacial score (nSPS) is 24.1. The van der Waals surface area contributed by atoms with Crippen LogP contribution in [0.15, 0.2) is 23.8 Å². The van der Waals surface area contributed by atoms with Gasteiger partial charge in [0.1, 0.15) is 5.78 Å². The summed E-state index contributed by atoms with van der Waals surface area (Å²) in [5.41, 5.74) is 1.53. The number of allylic oxidation sites excluding steroid dienone is 4. The molecule has 0 aliphatic heterocycles. The molecule has 0 fully saturated rings. The molecule has 0 aromatic rings. The maximum Gasteiger partial charge on any atom is 0.135 e. The van der Waals surface area contributed by atoms with E-state index in [-0.39, 0.29) is 11.2 Å². The van der Waals surface area contributed by atoms with Gasteiger partial charge in [-0.2, -0.15) is 0 Å². The highest BCUT2D eigenvalue weighted by Gasteiger charge is 2.31. The number of hydrogen-bond donors (Lipinski definition) is 0. The van der Waals surface area contributed by atoms with Gasteiger partial charge in [0.2, 0.25) is 0 Å². The van der Waals surface area contributed by atoms with E-state index in [1.54, 1.807) is 12.5 Å². The van der Waals surface area contributed by atoms with Gasteiger partial charge in [-0.3, -0.25) is 4.79 Å². The Balaban J connectivity index is 0. The SMILES string of the molecule is CC.CC.CCC(C)(C)C(C)=O.CCC1C(C)C=CC2=CCCC21. The Bertz CT molecular complexity index is 387. The summed E-state index contributed by atoms with van der Waals surface area (Å²) >= 11 is 0. The fraction of sp³-hybridized carbons (Fsp3) is 0.783. The fourth-order valence-electron chi connectivity index (χ4n) is 3.08. The summed E-state index contributed by atoms with van der Waals surface area (Å²) in [4.78, 5) is 10.7. The van der Waals surface area contributed by atoms with Crippen LogP contribution in [0.25, 0.3) is 0 Å². The van der Waals surface area contributed by atoms with E-state index in [9.17, 15) is 4.79 Å². The van der Waals surface area contributed by atoms with Gasteiger partial charge in [-0.15, -0.1) is 0 Å². The lowest BCUT2D eigenvalue weighted by atomic mass is 9.73. The molecular weight excluding hydrogens is 292 g/mol. The van der Waals surface area contributed by atoms with Gasteiger partial charge in [-0.05, 0) is 49.5 Å². The number of hydrogen-bond acceptors (Lipinski definition) is 1. The van der Waals surface area contributed by atoms with E-state index in [0.29, 0.717) is 0 Å². The average Bonchev–Trinajstić information content (AvgIpc) is 3.07. The van der Waals surface area contributed by atoms with Crippen LogP contribution in [0.4, 0.5) is 0 Å². The molecule has 142 valence electrons. The van der Waals surface area contributed by atoms with Crippen molar-refractivity contribution in [3.8, 4) is 0 Å². The van der Waals surface area contributed by atoms with E-state index in [1.165, 1.54) is 19.3 Å². The van der Waals surface area contributed by atoms with Crippen LogP contribution in [0, 0.1) is 23.2 Å². The first-order chi connectivity index (χ1) is 11.3. The second-order valence-corrected chi connectivity index (χ2v) is 6.97. The van der Waals surface area contributed by atoms with Gasteiger partial charge in [0.25, 0.3) is 0 Å². The van der Waals surface area contributed by atoms with Gasteiger partial charge in [-0.1, -0.05) is 87.0 Å². The zero-order valence-electron chi connectivity index (χ0n) is 18.2. The lowest BCUT2D eigenvalue weighted by molar-refractivity contribution is -0.124. The monoisotopic (exact) mass is 336 g/mol. The van der Waals surface area contributed by atoms with Crippen molar-refractivity contribution in [2.45, 2.75) is 94.9 Å². The third-order valence-electron chi connectivity index (χ3n) is 5.38. The van der Waals surface area contributed by atoms with Crippen LogP contribution in [0.3, 0.4) is 0 Å². The van der Waals surface area contributed by atoms with Crippen molar-refractivity contribution in [1.29, 1.82) is 0 Å². The molecule has 0 amide bonds. The van der Waals surface area contributed by atoms with Crippen LogP contribution in [0.5, 0.6) is 0 Å². The van der Waals surface area contributed by atoms with Crippen molar-refractivity contribution in [2.75, 3.05) is 0 Å². The molecule has 0 bridgehead atoms. The first kappa shape index (κ1) is 25.4. The number of carbonyl (C=O) groups is 1. The molecule has 3 unspecified atom stereocenters. The highest BCUT2D eigenvalue weighted by atomic mass is 16.1. The Hall–Kier alpha value is -0.850. The molecule has 0 N–H and O–H groups in total. The molecule has 0 saturated carbocycles. The Morgan fingerprint density at radius 1 is 1.17 bits per heavy atom. The number of rotatable bonds is 3. The summed E-state index contributed by atoms with van der Waals surface area (Å²) in [5, 5.41) is 0. The molecule has 0 radical (unpaired) electrons. The Kier molecular flexibility index (Phi) is 14.2. The Morgan fingerprint density at radius 2 is 1.71 bits per heavy atom. The largest absolute Gasteiger partial charge is 0.299 e. The lowest BCUT2D eigenvalue weighted by Gasteiger charge is -2.31. The van der Waals surface area contributed by atoms with Crippen LogP contribution < -0.4 is 0 Å². The molecular formula is C23H44O. The van der Waals surface area contributed by atoms with Crippen LogP contribution in [-0.4, -0.2) is 5.78 Å². The average molecular weight is 337 g/mol. The minimum Gasteiger partial charge on any atom is -0.299 e. The van der Waals surface area contributed by atoms with Crippen LogP contribution in [-0.2, 0) is 4.79 Å². The van der Waals surface area contributed by atoms with Crippen LogP contribution in [0.1, 0.15) is 94.9 Å². The molecule has 0 heterocycles. The van der Waals surface area contributed by atoms with Crippen molar-refractivity contribution in [1.82, 2.24) is 0 Å². The lowest BCUT2D eigenvalue weighted by Crippen LogP contribution is -2.22. The molecule has 1 heteroatoms. The topological polar surface area (TPSA) is 17.1 Å². The van der Waals surface area contributed by atoms with Gasteiger partial charge < -0.3 is 0 Å². The third kappa shape index (κ3) is 7.81. The number of carbonyl (C=O) groups excluding carboxylic acids is 1. The molecule has 3 atom stereocenters. The zero-order chi connectivity index (χ0) is 19.3. The van der Waals surface area contributed by atoms with E-state index in [4.69, 9.17) is 0 Å². The molecule has 0 aromatic heterocycles. The summed E-state index contributed by atoms with van der Waals surface area (Å²) < 4.78 is 0. The van der Waals surface area contributed by atoms with E-state index in [1.807, 2.05) is 48.5 Å². The molecule has 1 nitrogen and oxygen atoms in total. The van der Waals surface area contributed by atoms with Crippen molar-refractivity contribution in [3.05, 3.63) is 23.8 Å². The minimum absolute atomic E-state index is 0.0972. The van der Waals surface area contributed by atoms with E-state index >= 15 is 0 Å². The molecule has 2 rings (SSSR count).